The summed E-state index contributed by atoms with van der Waals surface area (Å²) in [5.74, 6) is 0.639. The summed E-state index contributed by atoms with van der Waals surface area (Å²) >= 11 is 0. The second-order valence-corrected chi connectivity index (χ2v) is 9.00. The smallest absolute Gasteiger partial charge is 0.277 e. The first kappa shape index (κ1) is 19.2. The van der Waals surface area contributed by atoms with Gasteiger partial charge in [0, 0.05) is 35.2 Å². The summed E-state index contributed by atoms with van der Waals surface area (Å²) in [5.41, 5.74) is 5.06. The zero-order chi connectivity index (χ0) is 21.7. The SMILES string of the molecule is Cc1cnccc1-c1nc(C(=O)Nc2cc3cn(C4CCCC4)nc3cc2C2CC2)co1. The van der Waals surface area contributed by atoms with Crippen LogP contribution in [0.15, 0.2) is 47.5 Å². The Labute approximate surface area is 185 Å². The number of nitrogens with zero attached hydrogens (tertiary/aromatic N) is 4. The maximum atomic E-state index is 13.0. The minimum absolute atomic E-state index is 0.264. The molecule has 3 heterocycles. The number of rotatable bonds is 5. The number of hydrogen-bond acceptors (Lipinski definition) is 5. The highest BCUT2D eigenvalue weighted by Crippen LogP contribution is 2.45. The van der Waals surface area contributed by atoms with Crippen LogP contribution in [-0.2, 0) is 0 Å². The minimum Gasteiger partial charge on any atom is -0.444 e. The van der Waals surface area contributed by atoms with E-state index in [1.54, 1.807) is 12.4 Å². The van der Waals surface area contributed by atoms with Crippen molar-refractivity contribution in [3.8, 4) is 11.5 Å². The van der Waals surface area contributed by atoms with Gasteiger partial charge in [0.1, 0.15) is 6.26 Å². The van der Waals surface area contributed by atoms with Gasteiger partial charge in [-0.15, -0.1) is 0 Å². The summed E-state index contributed by atoms with van der Waals surface area (Å²) in [5, 5.41) is 9.01. The Kier molecular flexibility index (Phi) is 4.56. The fraction of sp³-hybridized carbons (Fsp3) is 0.360. The molecule has 1 N–H and O–H groups in total. The van der Waals surface area contributed by atoms with Crippen LogP contribution in [0.2, 0.25) is 0 Å². The second-order valence-electron chi connectivity index (χ2n) is 9.00. The number of anilines is 1. The summed E-state index contributed by atoms with van der Waals surface area (Å²) in [6, 6.07) is 6.55. The van der Waals surface area contributed by atoms with E-state index < -0.39 is 0 Å². The van der Waals surface area contributed by atoms with E-state index >= 15 is 0 Å². The third-order valence-corrected chi connectivity index (χ3v) is 6.65. The lowest BCUT2D eigenvalue weighted by Crippen LogP contribution is -2.13. The lowest BCUT2D eigenvalue weighted by molar-refractivity contribution is 0.102. The molecule has 3 aromatic heterocycles. The zero-order valence-corrected chi connectivity index (χ0v) is 18.0. The van der Waals surface area contributed by atoms with Crippen molar-refractivity contribution >= 4 is 22.5 Å². The van der Waals surface area contributed by atoms with Gasteiger partial charge in [0.15, 0.2) is 5.69 Å². The Morgan fingerprint density at radius 2 is 2.03 bits per heavy atom. The molecule has 1 amide bonds. The summed E-state index contributed by atoms with van der Waals surface area (Å²) in [4.78, 5) is 21.5. The fourth-order valence-electron chi connectivity index (χ4n) is 4.70. The maximum absolute atomic E-state index is 13.0. The second kappa shape index (κ2) is 7.58. The molecule has 6 rings (SSSR count). The predicted octanol–water partition coefficient (Wildman–Crippen LogP) is 5.64. The number of aromatic nitrogens is 4. The van der Waals surface area contributed by atoms with Gasteiger partial charge in [-0.05, 0) is 67.9 Å². The number of nitrogens with one attached hydrogen (secondary N) is 1. The van der Waals surface area contributed by atoms with Crippen molar-refractivity contribution in [3.63, 3.8) is 0 Å². The average molecular weight is 428 g/mol. The van der Waals surface area contributed by atoms with Gasteiger partial charge in [-0.3, -0.25) is 14.5 Å². The van der Waals surface area contributed by atoms with Gasteiger partial charge in [-0.25, -0.2) is 4.98 Å². The standard InChI is InChI=1S/C25H25N5O2/c1-15-12-26-9-8-19(15)25-28-23(14-32-25)24(31)27-22-10-17-13-30(18-4-2-3-5-18)29-21(17)11-20(22)16-6-7-16/h8-14,16,18H,2-7H2,1H3,(H,27,31). The normalized spacial score (nSPS) is 16.7. The third-order valence-electron chi connectivity index (χ3n) is 6.65. The first-order chi connectivity index (χ1) is 15.7. The van der Waals surface area contributed by atoms with Gasteiger partial charge in [0.25, 0.3) is 5.91 Å². The number of hydrogen-bond donors (Lipinski definition) is 1. The van der Waals surface area contributed by atoms with E-state index in [0.29, 0.717) is 17.9 Å². The molecular formula is C25H25N5O2. The molecule has 4 aromatic rings. The van der Waals surface area contributed by atoms with Crippen LogP contribution in [0, 0.1) is 6.92 Å². The van der Waals surface area contributed by atoms with Crippen molar-refractivity contribution in [3.05, 3.63) is 59.9 Å². The molecule has 0 atom stereocenters. The van der Waals surface area contributed by atoms with Crippen LogP contribution >= 0.6 is 0 Å². The molecule has 0 bridgehead atoms. The summed E-state index contributed by atoms with van der Waals surface area (Å²) in [6.07, 6.45) is 14.2. The van der Waals surface area contributed by atoms with Gasteiger partial charge in [0.05, 0.1) is 11.6 Å². The third kappa shape index (κ3) is 3.47. The van der Waals surface area contributed by atoms with E-state index in [4.69, 9.17) is 9.52 Å². The molecule has 0 spiro atoms. The molecule has 2 saturated carbocycles. The molecule has 32 heavy (non-hydrogen) atoms. The highest BCUT2D eigenvalue weighted by atomic mass is 16.3. The molecule has 0 radical (unpaired) electrons. The van der Waals surface area contributed by atoms with Crippen molar-refractivity contribution < 1.29 is 9.21 Å². The topological polar surface area (TPSA) is 85.8 Å². The first-order valence-corrected chi connectivity index (χ1v) is 11.4. The van der Waals surface area contributed by atoms with Crippen LogP contribution in [0.4, 0.5) is 5.69 Å². The molecule has 7 heteroatoms. The Morgan fingerprint density at radius 1 is 1.19 bits per heavy atom. The van der Waals surface area contributed by atoms with Crippen molar-refractivity contribution in [1.82, 2.24) is 19.7 Å². The number of aryl methyl sites for hydroxylation is 1. The predicted molar refractivity (Wildman–Crippen MR) is 122 cm³/mol. The largest absolute Gasteiger partial charge is 0.444 e. The van der Waals surface area contributed by atoms with Gasteiger partial charge < -0.3 is 9.73 Å². The molecule has 162 valence electrons. The Morgan fingerprint density at radius 3 is 2.81 bits per heavy atom. The quantitative estimate of drug-likeness (QED) is 0.445. The molecular weight excluding hydrogens is 402 g/mol. The van der Waals surface area contributed by atoms with Crippen LogP contribution in [-0.4, -0.2) is 25.7 Å². The summed E-state index contributed by atoms with van der Waals surface area (Å²) in [6.45, 7) is 1.94. The van der Waals surface area contributed by atoms with E-state index in [1.807, 2.05) is 13.0 Å². The van der Waals surface area contributed by atoms with E-state index in [0.717, 1.165) is 46.1 Å². The number of pyridine rings is 1. The monoisotopic (exact) mass is 427 g/mol. The van der Waals surface area contributed by atoms with E-state index in [-0.39, 0.29) is 11.6 Å². The number of carbonyl (C=O) groups excluding carboxylic acids is 1. The number of carbonyl (C=O) groups is 1. The Balaban J connectivity index is 1.30. The van der Waals surface area contributed by atoms with Gasteiger partial charge in [-0.1, -0.05) is 12.8 Å². The van der Waals surface area contributed by atoms with E-state index in [2.05, 4.69) is 38.3 Å². The maximum Gasteiger partial charge on any atom is 0.277 e. The molecule has 2 aliphatic rings. The van der Waals surface area contributed by atoms with Crippen molar-refractivity contribution in [1.29, 1.82) is 0 Å². The fourth-order valence-corrected chi connectivity index (χ4v) is 4.70. The average Bonchev–Trinajstić information content (AvgIpc) is 3.20. The van der Waals surface area contributed by atoms with Gasteiger partial charge >= 0.3 is 0 Å². The Bertz CT molecular complexity index is 1310. The highest BCUT2D eigenvalue weighted by molar-refractivity contribution is 6.04. The molecule has 0 aliphatic heterocycles. The van der Waals surface area contributed by atoms with Crippen LogP contribution in [0.5, 0.6) is 0 Å². The number of fused-ring (bicyclic) bond motifs is 1. The summed E-state index contributed by atoms with van der Waals surface area (Å²) < 4.78 is 7.72. The van der Waals surface area contributed by atoms with Gasteiger partial charge in [0.2, 0.25) is 5.89 Å². The lowest BCUT2D eigenvalue weighted by atomic mass is 10.1. The van der Waals surface area contributed by atoms with E-state index in [9.17, 15) is 4.79 Å². The van der Waals surface area contributed by atoms with Crippen LogP contribution in [0.1, 0.15) is 72.1 Å². The minimum atomic E-state index is -0.267. The van der Waals surface area contributed by atoms with Crippen LogP contribution < -0.4 is 5.32 Å². The van der Waals surface area contributed by atoms with E-state index in [1.165, 1.54) is 31.9 Å². The van der Waals surface area contributed by atoms with Crippen LogP contribution in [0.3, 0.4) is 0 Å². The van der Waals surface area contributed by atoms with Gasteiger partial charge in [-0.2, -0.15) is 5.10 Å². The first-order valence-electron chi connectivity index (χ1n) is 11.4. The number of benzene rings is 1. The van der Waals surface area contributed by atoms with Crippen LogP contribution in [0.25, 0.3) is 22.4 Å². The number of amides is 1. The summed E-state index contributed by atoms with van der Waals surface area (Å²) in [7, 11) is 0. The molecule has 7 nitrogen and oxygen atoms in total. The molecule has 2 aliphatic carbocycles. The lowest BCUT2D eigenvalue weighted by Gasteiger charge is -2.09. The number of oxazole rings is 1. The highest BCUT2D eigenvalue weighted by Gasteiger charge is 2.28. The van der Waals surface area contributed by atoms with Crippen molar-refractivity contribution in [2.75, 3.05) is 5.32 Å². The Hall–Kier alpha value is -3.48. The molecule has 0 unspecified atom stereocenters. The molecule has 0 saturated heterocycles. The molecule has 2 fully saturated rings. The molecule has 1 aromatic carbocycles. The van der Waals surface area contributed by atoms with Crippen molar-refractivity contribution in [2.45, 2.75) is 57.4 Å². The zero-order valence-electron chi connectivity index (χ0n) is 18.0. The van der Waals surface area contributed by atoms with Crippen molar-refractivity contribution in [2.24, 2.45) is 0 Å².